The van der Waals surface area contributed by atoms with E-state index in [-0.39, 0.29) is 11.8 Å². The first-order valence-electron chi connectivity index (χ1n) is 5.19. The Morgan fingerprint density at radius 2 is 2.24 bits per heavy atom. The van der Waals surface area contributed by atoms with Gasteiger partial charge < -0.3 is 5.32 Å². The van der Waals surface area contributed by atoms with E-state index in [1.54, 1.807) is 18.2 Å². The number of sulfone groups is 1. The van der Waals surface area contributed by atoms with Crippen LogP contribution < -0.4 is 5.32 Å². The Balaban J connectivity index is 2.27. The number of aryl methyl sites for hydroxylation is 1. The van der Waals surface area contributed by atoms with Gasteiger partial charge in [0.2, 0.25) is 0 Å². The van der Waals surface area contributed by atoms with Crippen molar-refractivity contribution in [2.45, 2.75) is 13.0 Å². The lowest BCUT2D eigenvalue weighted by Crippen LogP contribution is -2.22. The van der Waals surface area contributed by atoms with Gasteiger partial charge >= 0.3 is 0 Å². The van der Waals surface area contributed by atoms with E-state index in [1.807, 2.05) is 13.0 Å². The summed E-state index contributed by atoms with van der Waals surface area (Å²) in [6.07, 6.45) is 1.61. The molecule has 1 heterocycles. The highest BCUT2D eigenvalue weighted by Crippen LogP contribution is 2.22. The highest BCUT2D eigenvalue weighted by atomic mass is 32.2. The fourth-order valence-corrected chi connectivity index (χ4v) is 3.04. The van der Waals surface area contributed by atoms with Gasteiger partial charge in [-0.1, -0.05) is 18.2 Å². The van der Waals surface area contributed by atoms with Crippen molar-refractivity contribution in [1.82, 2.24) is 0 Å². The first-order valence-corrected chi connectivity index (χ1v) is 6.90. The molecule has 0 aliphatic carbocycles. The lowest BCUT2D eigenvalue weighted by atomic mass is 10.1. The summed E-state index contributed by atoms with van der Waals surface area (Å²) in [5.74, 6) is 0.0478. The van der Waals surface area contributed by atoms with E-state index in [1.165, 1.54) is 5.41 Å². The summed E-state index contributed by atoms with van der Waals surface area (Å²) >= 11 is 0. The maximum Gasteiger partial charge on any atom is 0.173 e. The Kier molecular flexibility index (Phi) is 2.90. The molecule has 1 atom stereocenters. The summed E-state index contributed by atoms with van der Waals surface area (Å²) in [7, 11) is -3.07. The molecule has 0 spiro atoms. The van der Waals surface area contributed by atoms with Crippen LogP contribution in [0.1, 0.15) is 11.1 Å². The first kappa shape index (κ1) is 11.7. The van der Waals surface area contributed by atoms with Gasteiger partial charge in [-0.3, -0.25) is 0 Å². The summed E-state index contributed by atoms with van der Waals surface area (Å²) in [5, 5.41) is 13.3. The molecule has 5 heteroatoms. The normalized spacial score (nSPS) is 21.1. The van der Waals surface area contributed by atoms with E-state index in [2.05, 4.69) is 11.4 Å². The molecular formula is C12H12N2O2S. The van der Waals surface area contributed by atoms with E-state index in [4.69, 9.17) is 5.26 Å². The zero-order valence-corrected chi connectivity index (χ0v) is 10.2. The van der Waals surface area contributed by atoms with E-state index < -0.39 is 9.84 Å². The number of nitrogens with zero attached hydrogens (tertiary/aromatic N) is 1. The molecule has 4 nitrogen and oxygen atoms in total. The summed E-state index contributed by atoms with van der Waals surface area (Å²) in [6, 6.07) is 7.24. The van der Waals surface area contributed by atoms with Crippen LogP contribution in [0.2, 0.25) is 0 Å². The molecule has 1 aliphatic heterocycles. The molecule has 0 bridgehead atoms. The molecule has 88 valence electrons. The monoisotopic (exact) mass is 248 g/mol. The SMILES string of the molecule is Cc1cccc(C#N)c1NC1C=CS(=O)(=O)C1. The van der Waals surface area contributed by atoms with Crippen molar-refractivity contribution in [2.75, 3.05) is 11.1 Å². The zero-order valence-electron chi connectivity index (χ0n) is 9.34. The molecule has 0 aromatic heterocycles. The lowest BCUT2D eigenvalue weighted by molar-refractivity contribution is 0.605. The minimum absolute atomic E-state index is 0.0478. The van der Waals surface area contributed by atoms with Crippen LogP contribution in [0.15, 0.2) is 29.7 Å². The second-order valence-corrected chi connectivity index (χ2v) is 5.95. The number of benzene rings is 1. The van der Waals surface area contributed by atoms with Crippen molar-refractivity contribution in [1.29, 1.82) is 5.26 Å². The molecule has 1 aliphatic rings. The largest absolute Gasteiger partial charge is 0.376 e. The predicted molar refractivity (Wildman–Crippen MR) is 66.2 cm³/mol. The van der Waals surface area contributed by atoms with E-state index in [0.717, 1.165) is 5.56 Å². The average molecular weight is 248 g/mol. The number of hydrogen-bond acceptors (Lipinski definition) is 4. The third-order valence-electron chi connectivity index (χ3n) is 2.65. The highest BCUT2D eigenvalue weighted by molar-refractivity contribution is 7.94. The predicted octanol–water partition coefficient (Wildman–Crippen LogP) is 1.59. The van der Waals surface area contributed by atoms with Crippen molar-refractivity contribution in [3.8, 4) is 6.07 Å². The maximum absolute atomic E-state index is 11.3. The molecule has 0 fully saturated rings. The van der Waals surface area contributed by atoms with Gasteiger partial charge in [0.1, 0.15) is 6.07 Å². The Labute approximate surface area is 100 Å². The van der Waals surface area contributed by atoms with Gasteiger partial charge in [-0.2, -0.15) is 5.26 Å². The summed E-state index contributed by atoms with van der Waals surface area (Å²) < 4.78 is 22.6. The number of rotatable bonds is 2. The highest BCUT2D eigenvalue weighted by Gasteiger charge is 2.22. The smallest absolute Gasteiger partial charge is 0.173 e. The van der Waals surface area contributed by atoms with Crippen LogP contribution in [-0.2, 0) is 9.84 Å². The molecule has 0 radical (unpaired) electrons. The third kappa shape index (κ3) is 2.48. The van der Waals surface area contributed by atoms with Gasteiger partial charge in [0.05, 0.1) is 23.0 Å². The van der Waals surface area contributed by atoms with E-state index in [0.29, 0.717) is 11.3 Å². The second kappa shape index (κ2) is 4.22. The van der Waals surface area contributed by atoms with Crippen LogP contribution in [-0.4, -0.2) is 20.2 Å². The first-order chi connectivity index (χ1) is 8.02. The van der Waals surface area contributed by atoms with Crippen molar-refractivity contribution in [2.24, 2.45) is 0 Å². The van der Waals surface area contributed by atoms with Crippen LogP contribution in [0.3, 0.4) is 0 Å². The number of nitrogens with one attached hydrogen (secondary N) is 1. The molecule has 0 saturated heterocycles. The number of anilines is 1. The summed E-state index contributed by atoms with van der Waals surface area (Å²) in [5.41, 5.74) is 2.17. The molecule has 1 aromatic rings. The van der Waals surface area contributed by atoms with Gasteiger partial charge in [-0.15, -0.1) is 0 Å². The molecule has 1 N–H and O–H groups in total. The van der Waals surface area contributed by atoms with Crippen LogP contribution in [0, 0.1) is 18.3 Å². The van der Waals surface area contributed by atoms with Gasteiger partial charge in [0.15, 0.2) is 9.84 Å². The molecule has 0 amide bonds. The summed E-state index contributed by atoms with van der Waals surface area (Å²) in [6.45, 7) is 1.89. The minimum atomic E-state index is -3.07. The van der Waals surface area contributed by atoms with Crippen LogP contribution in [0.5, 0.6) is 0 Å². The molecule has 2 rings (SSSR count). The van der Waals surface area contributed by atoms with Gasteiger partial charge in [-0.25, -0.2) is 8.42 Å². The topological polar surface area (TPSA) is 70.0 Å². The summed E-state index contributed by atoms with van der Waals surface area (Å²) in [4.78, 5) is 0. The van der Waals surface area contributed by atoms with Crippen LogP contribution in [0.25, 0.3) is 0 Å². The number of nitriles is 1. The molecule has 17 heavy (non-hydrogen) atoms. The Morgan fingerprint density at radius 1 is 1.47 bits per heavy atom. The standard InChI is InChI=1S/C12H12N2O2S/c1-9-3-2-4-10(7-13)12(9)14-11-5-6-17(15,16)8-11/h2-6,11,14H,8H2,1H3. The van der Waals surface area contributed by atoms with Gasteiger partial charge in [-0.05, 0) is 18.6 Å². The molecule has 1 unspecified atom stereocenters. The Morgan fingerprint density at radius 3 is 2.82 bits per heavy atom. The van der Waals surface area contributed by atoms with E-state index >= 15 is 0 Å². The number of para-hydroxylation sites is 1. The molecule has 1 aromatic carbocycles. The minimum Gasteiger partial charge on any atom is -0.376 e. The average Bonchev–Trinajstić information content (AvgIpc) is 2.61. The van der Waals surface area contributed by atoms with Crippen molar-refractivity contribution < 1.29 is 8.42 Å². The molecular weight excluding hydrogens is 236 g/mol. The lowest BCUT2D eigenvalue weighted by Gasteiger charge is -2.15. The van der Waals surface area contributed by atoms with Gasteiger partial charge in [0, 0.05) is 5.41 Å². The van der Waals surface area contributed by atoms with Crippen LogP contribution in [0.4, 0.5) is 5.69 Å². The van der Waals surface area contributed by atoms with Crippen molar-refractivity contribution >= 4 is 15.5 Å². The van der Waals surface area contributed by atoms with Gasteiger partial charge in [0.25, 0.3) is 0 Å². The Bertz CT molecular complexity index is 612. The van der Waals surface area contributed by atoms with Crippen LogP contribution >= 0.6 is 0 Å². The fraction of sp³-hybridized carbons (Fsp3) is 0.250. The molecule has 0 saturated carbocycles. The quantitative estimate of drug-likeness (QED) is 0.862. The van der Waals surface area contributed by atoms with Crippen molar-refractivity contribution in [3.05, 3.63) is 40.8 Å². The number of hydrogen-bond donors (Lipinski definition) is 1. The van der Waals surface area contributed by atoms with Crippen molar-refractivity contribution in [3.63, 3.8) is 0 Å². The third-order valence-corrected chi connectivity index (χ3v) is 4.05. The Hall–Kier alpha value is -1.80. The second-order valence-electron chi connectivity index (χ2n) is 4.02. The van der Waals surface area contributed by atoms with E-state index in [9.17, 15) is 8.42 Å². The zero-order chi connectivity index (χ0) is 12.5. The maximum atomic E-state index is 11.3. The fourth-order valence-electron chi connectivity index (χ4n) is 1.80.